The first-order valence-electron chi connectivity index (χ1n) is 7.59. The minimum Gasteiger partial charge on any atom is -0.360 e. The number of ketones is 1. The summed E-state index contributed by atoms with van der Waals surface area (Å²) in [6.07, 6.45) is 5.63. The van der Waals surface area contributed by atoms with E-state index in [2.05, 4.69) is 16.8 Å². The summed E-state index contributed by atoms with van der Waals surface area (Å²) in [7, 11) is 0. The Morgan fingerprint density at radius 3 is 2.90 bits per heavy atom. The number of benzene rings is 1. The summed E-state index contributed by atoms with van der Waals surface area (Å²) < 4.78 is 0. The summed E-state index contributed by atoms with van der Waals surface area (Å²) in [6.45, 7) is 4.83. The fourth-order valence-electron chi connectivity index (χ4n) is 2.81. The fraction of sp³-hybridized carbons (Fsp3) is 0.471. The first-order chi connectivity index (χ1) is 9.78. The Kier molecular flexibility index (Phi) is 3.88. The number of carbonyl (C=O) groups excluding carboxylic acids is 1. The molecule has 1 fully saturated rings. The highest BCUT2D eigenvalue weighted by Crippen LogP contribution is 2.30. The average Bonchev–Trinajstić information content (AvgIpc) is 3.15. The van der Waals surface area contributed by atoms with Crippen LogP contribution in [0.4, 0.5) is 0 Å². The zero-order chi connectivity index (χ0) is 13.9. The summed E-state index contributed by atoms with van der Waals surface area (Å²) in [5.41, 5.74) is 1.87. The van der Waals surface area contributed by atoms with E-state index in [4.69, 9.17) is 0 Å². The molecule has 1 heterocycles. The van der Waals surface area contributed by atoms with Crippen LogP contribution in [-0.4, -0.2) is 35.3 Å². The molecule has 1 N–H and O–H groups in total. The van der Waals surface area contributed by atoms with Crippen LogP contribution < -0.4 is 0 Å². The number of aromatic nitrogens is 1. The number of hydrogen-bond donors (Lipinski definition) is 1. The standard InChI is InChI=1S/C17H22N2O/c1-2-9-19(11-13-7-8-13)12-17(20)15-10-18-16-6-4-3-5-14(15)16/h3-6,10,13,18H,2,7-9,11-12H2,1H3. The number of rotatable bonds is 7. The van der Waals surface area contributed by atoms with Gasteiger partial charge in [0.1, 0.15) is 0 Å². The van der Waals surface area contributed by atoms with Crippen LogP contribution in [0.1, 0.15) is 36.5 Å². The molecule has 2 aromatic rings. The van der Waals surface area contributed by atoms with Gasteiger partial charge in [0.05, 0.1) is 6.54 Å². The minimum absolute atomic E-state index is 0.233. The van der Waals surface area contributed by atoms with E-state index in [9.17, 15) is 4.79 Å². The quantitative estimate of drug-likeness (QED) is 0.782. The lowest BCUT2D eigenvalue weighted by molar-refractivity contribution is 0.0929. The monoisotopic (exact) mass is 270 g/mol. The predicted molar refractivity (Wildman–Crippen MR) is 82.1 cm³/mol. The van der Waals surface area contributed by atoms with Crippen molar-refractivity contribution < 1.29 is 4.79 Å². The minimum atomic E-state index is 0.233. The lowest BCUT2D eigenvalue weighted by atomic mass is 10.1. The SMILES string of the molecule is CCCN(CC(=O)c1c[nH]c2ccccc12)CC1CC1. The third kappa shape index (κ3) is 2.93. The van der Waals surface area contributed by atoms with Crippen LogP contribution in [0.2, 0.25) is 0 Å². The number of Topliss-reactive ketones (excluding diaryl/α,β-unsaturated/α-hetero) is 1. The molecule has 0 amide bonds. The van der Waals surface area contributed by atoms with Crippen molar-refractivity contribution in [2.24, 2.45) is 5.92 Å². The van der Waals surface area contributed by atoms with Gasteiger partial charge in [0, 0.05) is 29.2 Å². The van der Waals surface area contributed by atoms with Crippen LogP contribution in [0.3, 0.4) is 0 Å². The number of para-hydroxylation sites is 1. The van der Waals surface area contributed by atoms with E-state index >= 15 is 0 Å². The largest absolute Gasteiger partial charge is 0.360 e. The molecule has 106 valence electrons. The van der Waals surface area contributed by atoms with Crippen molar-refractivity contribution in [3.8, 4) is 0 Å². The van der Waals surface area contributed by atoms with E-state index in [-0.39, 0.29) is 5.78 Å². The summed E-state index contributed by atoms with van der Waals surface area (Å²) in [6, 6.07) is 8.01. The maximum Gasteiger partial charge on any atom is 0.178 e. The van der Waals surface area contributed by atoms with Crippen molar-refractivity contribution in [2.45, 2.75) is 26.2 Å². The molecule has 0 aliphatic heterocycles. The Hall–Kier alpha value is -1.61. The van der Waals surface area contributed by atoms with Crippen LogP contribution in [0, 0.1) is 5.92 Å². The molecule has 1 aliphatic rings. The van der Waals surface area contributed by atoms with E-state index < -0.39 is 0 Å². The Balaban J connectivity index is 1.73. The van der Waals surface area contributed by atoms with Gasteiger partial charge in [-0.3, -0.25) is 9.69 Å². The maximum atomic E-state index is 12.5. The molecular weight excluding hydrogens is 248 g/mol. The fourth-order valence-corrected chi connectivity index (χ4v) is 2.81. The average molecular weight is 270 g/mol. The zero-order valence-corrected chi connectivity index (χ0v) is 12.1. The van der Waals surface area contributed by atoms with Crippen LogP contribution in [0.25, 0.3) is 10.9 Å². The van der Waals surface area contributed by atoms with Crippen molar-refractivity contribution in [2.75, 3.05) is 19.6 Å². The van der Waals surface area contributed by atoms with Crippen LogP contribution in [0.5, 0.6) is 0 Å². The highest BCUT2D eigenvalue weighted by atomic mass is 16.1. The smallest absolute Gasteiger partial charge is 0.178 e. The molecule has 3 nitrogen and oxygen atoms in total. The van der Waals surface area contributed by atoms with Crippen LogP contribution in [0.15, 0.2) is 30.5 Å². The van der Waals surface area contributed by atoms with E-state index in [1.807, 2.05) is 30.5 Å². The van der Waals surface area contributed by atoms with Gasteiger partial charge in [-0.1, -0.05) is 25.1 Å². The summed E-state index contributed by atoms with van der Waals surface area (Å²) in [4.78, 5) is 18.1. The molecule has 3 rings (SSSR count). The number of H-pyrrole nitrogens is 1. The van der Waals surface area contributed by atoms with Gasteiger partial charge < -0.3 is 4.98 Å². The molecule has 3 heteroatoms. The zero-order valence-electron chi connectivity index (χ0n) is 12.1. The van der Waals surface area contributed by atoms with Gasteiger partial charge in [0.25, 0.3) is 0 Å². The molecule has 0 bridgehead atoms. The number of aromatic amines is 1. The number of carbonyl (C=O) groups is 1. The molecule has 0 saturated heterocycles. The molecule has 0 spiro atoms. The third-order valence-corrected chi connectivity index (χ3v) is 4.01. The number of hydrogen-bond acceptors (Lipinski definition) is 2. The van der Waals surface area contributed by atoms with E-state index in [1.165, 1.54) is 12.8 Å². The Labute approximate surface area is 120 Å². The third-order valence-electron chi connectivity index (χ3n) is 4.01. The van der Waals surface area contributed by atoms with E-state index in [1.54, 1.807) is 0 Å². The van der Waals surface area contributed by atoms with Gasteiger partial charge in [-0.2, -0.15) is 0 Å². The second kappa shape index (κ2) is 5.80. The Morgan fingerprint density at radius 2 is 2.15 bits per heavy atom. The van der Waals surface area contributed by atoms with Gasteiger partial charge in [-0.25, -0.2) is 0 Å². The Morgan fingerprint density at radius 1 is 1.35 bits per heavy atom. The molecule has 1 aromatic carbocycles. The van der Waals surface area contributed by atoms with Crippen molar-refractivity contribution >= 4 is 16.7 Å². The molecule has 0 unspecified atom stereocenters. The van der Waals surface area contributed by atoms with Gasteiger partial charge in [-0.05, 0) is 37.8 Å². The summed E-state index contributed by atoms with van der Waals surface area (Å²) in [5, 5.41) is 1.04. The van der Waals surface area contributed by atoms with Gasteiger partial charge in [0.15, 0.2) is 5.78 Å². The van der Waals surface area contributed by atoms with Crippen molar-refractivity contribution in [1.82, 2.24) is 9.88 Å². The molecule has 1 aliphatic carbocycles. The molecule has 0 radical (unpaired) electrons. The van der Waals surface area contributed by atoms with Crippen LogP contribution in [-0.2, 0) is 0 Å². The molecular formula is C17H22N2O. The highest BCUT2D eigenvalue weighted by Gasteiger charge is 2.25. The number of fused-ring (bicyclic) bond motifs is 1. The van der Waals surface area contributed by atoms with E-state index in [0.29, 0.717) is 6.54 Å². The number of nitrogens with zero attached hydrogens (tertiary/aromatic N) is 1. The lowest BCUT2D eigenvalue weighted by Crippen LogP contribution is -2.32. The predicted octanol–water partition coefficient (Wildman–Crippen LogP) is 3.47. The topological polar surface area (TPSA) is 36.1 Å². The molecule has 0 atom stereocenters. The molecule has 1 saturated carbocycles. The van der Waals surface area contributed by atoms with Gasteiger partial charge in [0.2, 0.25) is 0 Å². The first kappa shape index (κ1) is 13.4. The van der Waals surface area contributed by atoms with Crippen molar-refractivity contribution in [1.29, 1.82) is 0 Å². The lowest BCUT2D eigenvalue weighted by Gasteiger charge is -2.20. The summed E-state index contributed by atoms with van der Waals surface area (Å²) in [5.74, 6) is 1.06. The number of nitrogens with one attached hydrogen (secondary N) is 1. The maximum absolute atomic E-state index is 12.5. The normalized spacial score (nSPS) is 15.1. The highest BCUT2D eigenvalue weighted by molar-refractivity contribution is 6.08. The second-order valence-corrected chi connectivity index (χ2v) is 5.85. The van der Waals surface area contributed by atoms with Crippen molar-refractivity contribution in [3.05, 3.63) is 36.0 Å². The van der Waals surface area contributed by atoms with Crippen molar-refractivity contribution in [3.63, 3.8) is 0 Å². The Bertz CT molecular complexity index is 598. The van der Waals surface area contributed by atoms with E-state index in [0.717, 1.165) is 41.9 Å². The molecule has 1 aromatic heterocycles. The molecule has 20 heavy (non-hydrogen) atoms. The second-order valence-electron chi connectivity index (χ2n) is 5.85. The van der Waals surface area contributed by atoms with Crippen LogP contribution >= 0.6 is 0 Å². The van der Waals surface area contributed by atoms with Gasteiger partial charge >= 0.3 is 0 Å². The summed E-state index contributed by atoms with van der Waals surface area (Å²) >= 11 is 0. The first-order valence-corrected chi connectivity index (χ1v) is 7.59. The van der Waals surface area contributed by atoms with Gasteiger partial charge in [-0.15, -0.1) is 0 Å².